The quantitative estimate of drug-likeness (QED) is 0.778. The first-order valence-electron chi connectivity index (χ1n) is 6.63. The monoisotopic (exact) mass is 389 g/mol. The second-order valence-electron chi connectivity index (χ2n) is 4.39. The van der Waals surface area contributed by atoms with Crippen molar-refractivity contribution in [3.05, 3.63) is 40.5 Å². The average Bonchev–Trinajstić information content (AvgIpc) is 2.80. The number of halogens is 3. The molecule has 0 bridgehead atoms. The molecule has 118 valence electrons. The van der Waals surface area contributed by atoms with Gasteiger partial charge in [-0.3, -0.25) is 0 Å². The second kappa shape index (κ2) is 7.23. The maximum absolute atomic E-state index is 13.2. The predicted octanol–water partition coefficient (Wildman–Crippen LogP) is 4.38. The first-order valence-corrected chi connectivity index (χ1v) is 8.24. The normalized spacial score (nSPS) is 10.8. The maximum atomic E-state index is 13.2. The van der Waals surface area contributed by atoms with Gasteiger partial charge in [0.15, 0.2) is 0 Å². The summed E-state index contributed by atoms with van der Waals surface area (Å²) in [5.74, 6) is -1.31. The Labute approximate surface area is 139 Å². The minimum Gasteiger partial charge on any atom is -0.323 e. The molecule has 0 saturated carbocycles. The van der Waals surface area contributed by atoms with Gasteiger partial charge in [-0.1, -0.05) is 11.8 Å². The molecule has 0 spiro atoms. The van der Waals surface area contributed by atoms with Gasteiger partial charge in [0.1, 0.15) is 16.7 Å². The Morgan fingerprint density at radius 1 is 1.27 bits per heavy atom. The molecule has 1 heterocycles. The molecule has 4 nitrogen and oxygen atoms in total. The summed E-state index contributed by atoms with van der Waals surface area (Å²) in [5.41, 5.74) is 0. The van der Waals surface area contributed by atoms with Gasteiger partial charge in [-0.15, -0.1) is 0 Å². The van der Waals surface area contributed by atoms with Crippen LogP contribution in [-0.2, 0) is 0 Å². The molecule has 0 radical (unpaired) electrons. The molecule has 0 saturated heterocycles. The van der Waals surface area contributed by atoms with Crippen LogP contribution in [0.15, 0.2) is 38.8 Å². The number of hydrogen-bond acceptors (Lipinski definition) is 3. The Bertz CT molecular complexity index is 668. The molecule has 1 aromatic heterocycles. The fourth-order valence-corrected chi connectivity index (χ4v) is 3.20. The largest absolute Gasteiger partial charge is 0.344 e. The van der Waals surface area contributed by atoms with Gasteiger partial charge in [0.05, 0.1) is 10.7 Å². The zero-order valence-electron chi connectivity index (χ0n) is 12.0. The van der Waals surface area contributed by atoms with Crippen molar-refractivity contribution in [1.29, 1.82) is 0 Å². The van der Waals surface area contributed by atoms with E-state index in [1.165, 1.54) is 16.8 Å². The molecular formula is C14H14BrF2N3OS. The highest BCUT2D eigenvalue weighted by Gasteiger charge is 2.17. The number of nitrogens with zero attached hydrogens (tertiary/aromatic N) is 3. The topological polar surface area (TPSA) is 38.1 Å². The van der Waals surface area contributed by atoms with Crippen LogP contribution in [0.1, 0.15) is 13.8 Å². The molecule has 0 N–H and O–H groups in total. The van der Waals surface area contributed by atoms with Gasteiger partial charge >= 0.3 is 6.03 Å². The summed E-state index contributed by atoms with van der Waals surface area (Å²) in [4.78, 5) is 14.2. The third-order valence-corrected chi connectivity index (χ3v) is 4.73. The number of aromatic nitrogens is 2. The van der Waals surface area contributed by atoms with E-state index in [1.807, 2.05) is 13.8 Å². The van der Waals surface area contributed by atoms with Gasteiger partial charge in [-0.05, 0) is 41.9 Å². The smallest absolute Gasteiger partial charge is 0.323 e. The maximum Gasteiger partial charge on any atom is 0.344 e. The van der Waals surface area contributed by atoms with Crippen LogP contribution in [-0.4, -0.2) is 33.8 Å². The minimum atomic E-state index is -0.655. The van der Waals surface area contributed by atoms with E-state index in [1.54, 1.807) is 11.1 Å². The zero-order valence-corrected chi connectivity index (χ0v) is 14.4. The highest BCUT2D eigenvalue weighted by Crippen LogP contribution is 2.33. The molecule has 0 aliphatic heterocycles. The highest BCUT2D eigenvalue weighted by atomic mass is 79.9. The van der Waals surface area contributed by atoms with Crippen molar-refractivity contribution in [2.75, 3.05) is 13.1 Å². The van der Waals surface area contributed by atoms with E-state index in [9.17, 15) is 13.6 Å². The van der Waals surface area contributed by atoms with Crippen molar-refractivity contribution in [2.45, 2.75) is 23.8 Å². The third-order valence-electron chi connectivity index (χ3n) is 2.92. The van der Waals surface area contributed by atoms with Gasteiger partial charge < -0.3 is 4.90 Å². The lowest BCUT2D eigenvalue weighted by atomic mass is 10.3. The molecule has 0 aliphatic carbocycles. The van der Waals surface area contributed by atoms with Crippen LogP contribution >= 0.6 is 27.7 Å². The first kappa shape index (κ1) is 17.0. The lowest BCUT2D eigenvalue weighted by molar-refractivity contribution is 0.201. The molecule has 22 heavy (non-hydrogen) atoms. The summed E-state index contributed by atoms with van der Waals surface area (Å²) in [6, 6.07) is 2.99. The standard InChI is InChI=1S/C14H14BrF2N3OS/c1-3-19(4-2)14(21)20-8-12(15)13(18-20)22-11-6-9(16)5-10(17)7-11/h5-8H,3-4H2,1-2H3. The first-order chi connectivity index (χ1) is 10.4. The Hall–Kier alpha value is -1.41. The van der Waals surface area contributed by atoms with Gasteiger partial charge in [0.25, 0.3) is 0 Å². The molecule has 2 rings (SSSR count). The van der Waals surface area contributed by atoms with Crippen LogP contribution in [0.2, 0.25) is 0 Å². The van der Waals surface area contributed by atoms with Crippen molar-refractivity contribution >= 4 is 33.7 Å². The fraction of sp³-hybridized carbons (Fsp3) is 0.286. The van der Waals surface area contributed by atoms with Crippen molar-refractivity contribution in [1.82, 2.24) is 14.7 Å². The van der Waals surface area contributed by atoms with E-state index in [0.717, 1.165) is 17.8 Å². The third kappa shape index (κ3) is 3.86. The molecule has 0 aliphatic rings. The molecule has 1 aromatic carbocycles. The molecule has 0 unspecified atom stereocenters. The Kier molecular flexibility index (Phi) is 5.57. The number of carbonyl (C=O) groups is 1. The summed E-state index contributed by atoms with van der Waals surface area (Å²) in [6.07, 6.45) is 1.54. The summed E-state index contributed by atoms with van der Waals surface area (Å²) in [7, 11) is 0. The number of amides is 1. The van der Waals surface area contributed by atoms with Crippen LogP contribution < -0.4 is 0 Å². The predicted molar refractivity (Wildman–Crippen MR) is 84.1 cm³/mol. The average molecular weight is 390 g/mol. The van der Waals surface area contributed by atoms with Crippen LogP contribution in [0.4, 0.5) is 13.6 Å². The SMILES string of the molecule is CCN(CC)C(=O)n1cc(Br)c(Sc2cc(F)cc(F)c2)n1. The van der Waals surface area contributed by atoms with Crippen molar-refractivity contribution in [3.8, 4) is 0 Å². The van der Waals surface area contributed by atoms with E-state index in [2.05, 4.69) is 21.0 Å². The molecule has 8 heteroatoms. The molecule has 2 aromatic rings. The van der Waals surface area contributed by atoms with Crippen molar-refractivity contribution in [3.63, 3.8) is 0 Å². The zero-order chi connectivity index (χ0) is 16.3. The van der Waals surface area contributed by atoms with Gasteiger partial charge in [0.2, 0.25) is 0 Å². The van der Waals surface area contributed by atoms with Crippen LogP contribution in [0.25, 0.3) is 0 Å². The van der Waals surface area contributed by atoms with Gasteiger partial charge in [-0.2, -0.15) is 9.78 Å². The lowest BCUT2D eigenvalue weighted by Gasteiger charge is -2.17. The number of carbonyl (C=O) groups excluding carboxylic acids is 1. The van der Waals surface area contributed by atoms with Gasteiger partial charge in [0, 0.05) is 24.1 Å². The van der Waals surface area contributed by atoms with E-state index in [-0.39, 0.29) is 6.03 Å². The second-order valence-corrected chi connectivity index (χ2v) is 6.31. The minimum absolute atomic E-state index is 0.247. The van der Waals surface area contributed by atoms with Crippen molar-refractivity contribution in [2.24, 2.45) is 0 Å². The van der Waals surface area contributed by atoms with Crippen molar-refractivity contribution < 1.29 is 13.6 Å². The van der Waals surface area contributed by atoms with Gasteiger partial charge in [-0.25, -0.2) is 13.6 Å². The number of benzene rings is 1. The molecule has 0 fully saturated rings. The summed E-state index contributed by atoms with van der Waals surface area (Å²) in [6.45, 7) is 4.91. The van der Waals surface area contributed by atoms with E-state index >= 15 is 0 Å². The molecule has 0 atom stereocenters. The summed E-state index contributed by atoms with van der Waals surface area (Å²) in [5, 5.41) is 4.64. The van der Waals surface area contributed by atoms with E-state index in [0.29, 0.717) is 27.5 Å². The summed E-state index contributed by atoms with van der Waals surface area (Å²) < 4.78 is 28.2. The van der Waals surface area contributed by atoms with Crippen LogP contribution in [0.5, 0.6) is 0 Å². The number of rotatable bonds is 4. The molecular weight excluding hydrogens is 376 g/mol. The highest BCUT2D eigenvalue weighted by molar-refractivity contribution is 9.10. The van der Waals surface area contributed by atoms with E-state index < -0.39 is 11.6 Å². The lowest BCUT2D eigenvalue weighted by Crippen LogP contribution is -2.34. The Morgan fingerprint density at radius 2 is 1.86 bits per heavy atom. The van der Waals surface area contributed by atoms with E-state index in [4.69, 9.17) is 0 Å². The number of hydrogen-bond donors (Lipinski definition) is 0. The summed E-state index contributed by atoms with van der Waals surface area (Å²) >= 11 is 4.39. The van der Waals surface area contributed by atoms with Crippen LogP contribution in [0, 0.1) is 11.6 Å². The Morgan fingerprint density at radius 3 is 2.41 bits per heavy atom. The molecule has 1 amide bonds. The van der Waals surface area contributed by atoms with Crippen LogP contribution in [0.3, 0.4) is 0 Å². The Balaban J connectivity index is 2.24. The fourth-order valence-electron chi connectivity index (χ4n) is 1.84.